The molecule has 80 valence electrons. The van der Waals surface area contributed by atoms with Crippen LogP contribution in [0.3, 0.4) is 0 Å². The molecule has 2 aromatic heterocycles. The van der Waals surface area contributed by atoms with Gasteiger partial charge in [0.1, 0.15) is 10.7 Å². The Hall–Kier alpha value is -1.27. The van der Waals surface area contributed by atoms with E-state index in [4.69, 9.17) is 10.8 Å². The second kappa shape index (κ2) is 4.08. The number of nitrogen functional groups attached to an aromatic ring is 1. The Morgan fingerprint density at radius 3 is 3.07 bits per heavy atom. The minimum atomic E-state index is 0.128. The summed E-state index contributed by atoms with van der Waals surface area (Å²) in [6.45, 7) is 0.128. The van der Waals surface area contributed by atoms with E-state index < -0.39 is 0 Å². The number of nitrogens with two attached hydrogens (primary N) is 1. The van der Waals surface area contributed by atoms with Crippen LogP contribution in [-0.2, 0) is 7.05 Å². The molecule has 0 amide bonds. The van der Waals surface area contributed by atoms with Crippen LogP contribution in [0.25, 0.3) is 11.0 Å². The van der Waals surface area contributed by atoms with Gasteiger partial charge in [-0.1, -0.05) is 0 Å². The van der Waals surface area contributed by atoms with Crippen LogP contribution in [0, 0.1) is 0 Å². The Labute approximate surface area is 91.3 Å². The maximum atomic E-state index is 8.77. The van der Waals surface area contributed by atoms with E-state index >= 15 is 0 Å². The molecule has 0 aliphatic rings. The summed E-state index contributed by atoms with van der Waals surface area (Å²) >= 11 is 1.48. The zero-order valence-corrected chi connectivity index (χ0v) is 9.16. The van der Waals surface area contributed by atoms with Crippen LogP contribution in [0.15, 0.2) is 17.3 Å². The summed E-state index contributed by atoms with van der Waals surface area (Å²) in [6, 6.07) is 1.95. The number of hydrogen-bond acceptors (Lipinski definition) is 5. The van der Waals surface area contributed by atoms with Crippen molar-refractivity contribution in [3.05, 3.63) is 12.3 Å². The lowest BCUT2D eigenvalue weighted by atomic mass is 10.4. The minimum absolute atomic E-state index is 0.128. The summed E-state index contributed by atoms with van der Waals surface area (Å²) < 4.78 is 1.90. The van der Waals surface area contributed by atoms with Gasteiger partial charge in [-0.2, -0.15) is 4.98 Å². The zero-order valence-electron chi connectivity index (χ0n) is 8.34. The molecule has 0 atom stereocenters. The largest absolute Gasteiger partial charge is 0.396 e. The molecule has 0 radical (unpaired) electrons. The standard InChI is InChI=1S/C9H12N4OS/c1-13-3-2-6-7(13)11-9(10)12-8(6)15-5-4-14/h2-3,14H,4-5H2,1H3,(H2,10,11,12). The number of aryl methyl sites for hydroxylation is 1. The molecular weight excluding hydrogens is 212 g/mol. The highest BCUT2D eigenvalue weighted by Gasteiger charge is 2.08. The van der Waals surface area contributed by atoms with Crippen molar-refractivity contribution in [2.75, 3.05) is 18.1 Å². The molecule has 0 fully saturated rings. The number of thioether (sulfide) groups is 1. The summed E-state index contributed by atoms with van der Waals surface area (Å²) in [5.74, 6) is 0.880. The minimum Gasteiger partial charge on any atom is -0.396 e. The van der Waals surface area contributed by atoms with Gasteiger partial charge in [0.15, 0.2) is 0 Å². The van der Waals surface area contributed by atoms with E-state index in [1.807, 2.05) is 23.9 Å². The lowest BCUT2D eigenvalue weighted by Gasteiger charge is -2.03. The summed E-state index contributed by atoms with van der Waals surface area (Å²) in [5, 5.41) is 10.6. The molecule has 0 unspecified atom stereocenters. The molecule has 15 heavy (non-hydrogen) atoms. The number of aromatic nitrogens is 3. The van der Waals surface area contributed by atoms with Gasteiger partial charge in [0.2, 0.25) is 5.95 Å². The SMILES string of the molecule is Cn1ccc2c(SCCO)nc(N)nc21. The van der Waals surface area contributed by atoms with Gasteiger partial charge in [0.05, 0.1) is 12.0 Å². The van der Waals surface area contributed by atoms with Crippen molar-refractivity contribution in [1.82, 2.24) is 14.5 Å². The van der Waals surface area contributed by atoms with E-state index in [9.17, 15) is 0 Å². The summed E-state index contributed by atoms with van der Waals surface area (Å²) in [4.78, 5) is 8.32. The Morgan fingerprint density at radius 2 is 2.33 bits per heavy atom. The van der Waals surface area contributed by atoms with Crippen molar-refractivity contribution >= 4 is 28.7 Å². The summed E-state index contributed by atoms with van der Waals surface area (Å²) in [5.41, 5.74) is 6.44. The molecule has 3 N–H and O–H groups in total. The van der Waals surface area contributed by atoms with Gasteiger partial charge in [0, 0.05) is 19.0 Å². The van der Waals surface area contributed by atoms with Gasteiger partial charge in [-0.3, -0.25) is 0 Å². The van der Waals surface area contributed by atoms with Crippen LogP contribution >= 0.6 is 11.8 Å². The van der Waals surface area contributed by atoms with Gasteiger partial charge in [-0.05, 0) is 6.07 Å². The first-order valence-electron chi connectivity index (χ1n) is 4.54. The predicted octanol–water partition coefficient (Wildman–Crippen LogP) is 0.635. The van der Waals surface area contributed by atoms with Gasteiger partial charge < -0.3 is 15.4 Å². The Bertz CT molecular complexity index is 482. The molecule has 0 aromatic carbocycles. The first-order valence-corrected chi connectivity index (χ1v) is 5.53. The smallest absolute Gasteiger partial charge is 0.223 e. The summed E-state index contributed by atoms with van der Waals surface area (Å²) in [6.07, 6.45) is 1.92. The second-order valence-corrected chi connectivity index (χ2v) is 4.21. The van der Waals surface area contributed by atoms with Crippen LogP contribution in [0.4, 0.5) is 5.95 Å². The van der Waals surface area contributed by atoms with Crippen LogP contribution in [-0.4, -0.2) is 32.0 Å². The fourth-order valence-electron chi connectivity index (χ4n) is 1.38. The summed E-state index contributed by atoms with van der Waals surface area (Å²) in [7, 11) is 1.91. The molecular formula is C9H12N4OS. The second-order valence-electron chi connectivity index (χ2n) is 3.12. The van der Waals surface area contributed by atoms with E-state index in [0.29, 0.717) is 5.75 Å². The third-order valence-corrected chi connectivity index (χ3v) is 3.01. The molecule has 2 rings (SSSR count). The lowest BCUT2D eigenvalue weighted by Crippen LogP contribution is -1.99. The predicted molar refractivity (Wildman–Crippen MR) is 60.7 cm³/mol. The lowest BCUT2D eigenvalue weighted by molar-refractivity contribution is 0.322. The molecule has 2 aromatic rings. The van der Waals surface area contributed by atoms with Gasteiger partial charge >= 0.3 is 0 Å². The van der Waals surface area contributed by atoms with Gasteiger partial charge in [-0.15, -0.1) is 11.8 Å². The number of rotatable bonds is 3. The normalized spacial score (nSPS) is 11.1. The van der Waals surface area contributed by atoms with E-state index in [0.717, 1.165) is 16.1 Å². The monoisotopic (exact) mass is 224 g/mol. The van der Waals surface area contributed by atoms with Crippen LogP contribution in [0.2, 0.25) is 0 Å². The van der Waals surface area contributed by atoms with E-state index in [2.05, 4.69) is 9.97 Å². The fraction of sp³-hybridized carbons (Fsp3) is 0.333. The maximum Gasteiger partial charge on any atom is 0.223 e. The van der Waals surface area contributed by atoms with Gasteiger partial charge in [0.25, 0.3) is 0 Å². The fourth-order valence-corrected chi connectivity index (χ4v) is 2.14. The first kappa shape index (κ1) is 10.3. The number of nitrogens with zero attached hydrogens (tertiary/aromatic N) is 3. The third-order valence-electron chi connectivity index (χ3n) is 2.04. The third kappa shape index (κ3) is 1.91. The van der Waals surface area contributed by atoms with Crippen LogP contribution < -0.4 is 5.73 Å². The molecule has 5 nitrogen and oxygen atoms in total. The molecule has 6 heteroatoms. The molecule has 0 aliphatic heterocycles. The quantitative estimate of drug-likeness (QED) is 0.591. The van der Waals surface area contributed by atoms with Crippen molar-refractivity contribution in [1.29, 1.82) is 0 Å². The molecule has 0 aliphatic carbocycles. The number of hydrogen-bond donors (Lipinski definition) is 2. The number of fused-ring (bicyclic) bond motifs is 1. The van der Waals surface area contributed by atoms with Crippen molar-refractivity contribution in [2.24, 2.45) is 7.05 Å². The molecule has 2 heterocycles. The van der Waals surface area contributed by atoms with Crippen molar-refractivity contribution in [2.45, 2.75) is 5.03 Å². The zero-order chi connectivity index (χ0) is 10.8. The number of aliphatic hydroxyl groups excluding tert-OH is 1. The molecule has 0 bridgehead atoms. The van der Waals surface area contributed by atoms with E-state index in [1.165, 1.54) is 11.8 Å². The van der Waals surface area contributed by atoms with Crippen LogP contribution in [0.1, 0.15) is 0 Å². The highest BCUT2D eigenvalue weighted by Crippen LogP contribution is 2.25. The maximum absolute atomic E-state index is 8.77. The molecule has 0 saturated heterocycles. The molecule has 0 saturated carbocycles. The first-order chi connectivity index (χ1) is 7.22. The Kier molecular flexibility index (Phi) is 2.79. The average Bonchev–Trinajstić information content (AvgIpc) is 2.57. The van der Waals surface area contributed by atoms with E-state index in [1.54, 1.807) is 0 Å². The van der Waals surface area contributed by atoms with Crippen molar-refractivity contribution < 1.29 is 5.11 Å². The Morgan fingerprint density at radius 1 is 1.53 bits per heavy atom. The number of anilines is 1. The average molecular weight is 224 g/mol. The van der Waals surface area contributed by atoms with Gasteiger partial charge in [-0.25, -0.2) is 4.98 Å². The van der Waals surface area contributed by atoms with E-state index in [-0.39, 0.29) is 12.6 Å². The van der Waals surface area contributed by atoms with Crippen LogP contribution in [0.5, 0.6) is 0 Å². The van der Waals surface area contributed by atoms with Crippen molar-refractivity contribution in [3.8, 4) is 0 Å². The van der Waals surface area contributed by atoms with Crippen molar-refractivity contribution in [3.63, 3.8) is 0 Å². The number of aliphatic hydroxyl groups is 1. The molecule has 0 spiro atoms. The Balaban J connectivity index is 2.52. The highest BCUT2D eigenvalue weighted by atomic mass is 32.2. The topological polar surface area (TPSA) is 77.0 Å². The highest BCUT2D eigenvalue weighted by molar-refractivity contribution is 7.99.